The Labute approximate surface area is 123 Å². The van der Waals surface area contributed by atoms with Gasteiger partial charge < -0.3 is 14.5 Å². The van der Waals surface area contributed by atoms with Crippen LogP contribution in [0.3, 0.4) is 0 Å². The zero-order valence-electron chi connectivity index (χ0n) is 12.6. The van der Waals surface area contributed by atoms with Crippen LogP contribution in [0.25, 0.3) is 0 Å². The summed E-state index contributed by atoms with van der Waals surface area (Å²) in [7, 11) is 0. The van der Waals surface area contributed by atoms with Crippen LogP contribution < -0.4 is 0 Å². The van der Waals surface area contributed by atoms with Gasteiger partial charge in [0.25, 0.3) is 0 Å². The SMILES string of the molecule is CC(C)(C)c1noc(CCC(=O)N2CC[C@H](C(=O)O)C2)n1. The third kappa shape index (κ3) is 3.80. The molecule has 1 atom stereocenters. The summed E-state index contributed by atoms with van der Waals surface area (Å²) >= 11 is 0. The summed E-state index contributed by atoms with van der Waals surface area (Å²) in [5, 5.41) is 12.8. The smallest absolute Gasteiger partial charge is 0.308 e. The molecule has 1 fully saturated rings. The number of rotatable bonds is 4. The maximum Gasteiger partial charge on any atom is 0.308 e. The number of aromatic nitrogens is 2. The molecule has 7 heteroatoms. The molecule has 1 N–H and O–H groups in total. The molecular weight excluding hydrogens is 274 g/mol. The summed E-state index contributed by atoms with van der Waals surface area (Å²) < 4.78 is 5.14. The highest BCUT2D eigenvalue weighted by atomic mass is 16.5. The second-order valence-corrected chi connectivity index (χ2v) is 6.43. The minimum absolute atomic E-state index is 0.0609. The van der Waals surface area contributed by atoms with Gasteiger partial charge in [0.05, 0.1) is 5.92 Å². The lowest BCUT2D eigenvalue weighted by atomic mass is 9.96. The lowest BCUT2D eigenvalue weighted by molar-refractivity contribution is -0.141. The first kappa shape index (κ1) is 15.5. The number of carbonyl (C=O) groups is 2. The van der Waals surface area contributed by atoms with Crippen LogP contribution in [0.4, 0.5) is 0 Å². The van der Waals surface area contributed by atoms with E-state index >= 15 is 0 Å². The third-order valence-corrected chi connectivity index (χ3v) is 3.58. The van der Waals surface area contributed by atoms with Gasteiger partial charge in [-0.15, -0.1) is 0 Å². The van der Waals surface area contributed by atoms with Gasteiger partial charge in [-0.1, -0.05) is 25.9 Å². The van der Waals surface area contributed by atoms with Crippen LogP contribution in [0, 0.1) is 5.92 Å². The molecule has 1 aliphatic heterocycles. The Hall–Kier alpha value is -1.92. The second-order valence-electron chi connectivity index (χ2n) is 6.43. The van der Waals surface area contributed by atoms with Gasteiger partial charge >= 0.3 is 5.97 Å². The van der Waals surface area contributed by atoms with Crippen molar-refractivity contribution in [3.63, 3.8) is 0 Å². The number of aliphatic carboxylic acids is 1. The number of hydrogen-bond acceptors (Lipinski definition) is 5. The van der Waals surface area contributed by atoms with E-state index in [0.717, 1.165) is 0 Å². The molecule has 1 saturated heterocycles. The largest absolute Gasteiger partial charge is 0.481 e. The van der Waals surface area contributed by atoms with Crippen molar-refractivity contribution in [2.45, 2.75) is 45.4 Å². The van der Waals surface area contributed by atoms with Gasteiger partial charge in [0.2, 0.25) is 11.8 Å². The van der Waals surface area contributed by atoms with Crippen LogP contribution in [0.5, 0.6) is 0 Å². The molecule has 0 aliphatic carbocycles. The summed E-state index contributed by atoms with van der Waals surface area (Å²) in [5.41, 5.74) is -0.185. The van der Waals surface area contributed by atoms with Crippen molar-refractivity contribution in [1.29, 1.82) is 0 Å². The number of likely N-dealkylation sites (tertiary alicyclic amines) is 1. The highest BCUT2D eigenvalue weighted by Gasteiger charge is 2.30. The third-order valence-electron chi connectivity index (χ3n) is 3.58. The number of nitrogens with zero attached hydrogens (tertiary/aromatic N) is 3. The molecule has 21 heavy (non-hydrogen) atoms. The van der Waals surface area contributed by atoms with Crippen molar-refractivity contribution in [3.8, 4) is 0 Å². The quantitative estimate of drug-likeness (QED) is 0.897. The average molecular weight is 295 g/mol. The summed E-state index contributed by atoms with van der Waals surface area (Å²) in [5.74, 6) is -0.268. The zero-order valence-corrected chi connectivity index (χ0v) is 12.6. The van der Waals surface area contributed by atoms with E-state index in [1.807, 2.05) is 20.8 Å². The van der Waals surface area contributed by atoms with Gasteiger partial charge in [0.1, 0.15) is 0 Å². The predicted molar refractivity (Wildman–Crippen MR) is 73.6 cm³/mol. The first-order valence-corrected chi connectivity index (χ1v) is 7.11. The maximum absolute atomic E-state index is 12.0. The van der Waals surface area contributed by atoms with Gasteiger partial charge in [-0.25, -0.2) is 0 Å². The zero-order chi connectivity index (χ0) is 15.6. The maximum atomic E-state index is 12.0. The molecule has 1 amide bonds. The van der Waals surface area contributed by atoms with E-state index in [2.05, 4.69) is 10.1 Å². The molecule has 0 radical (unpaired) electrons. The molecule has 0 saturated carbocycles. The van der Waals surface area contributed by atoms with Crippen LogP contribution in [-0.2, 0) is 21.4 Å². The monoisotopic (exact) mass is 295 g/mol. The second kappa shape index (κ2) is 5.83. The van der Waals surface area contributed by atoms with E-state index in [9.17, 15) is 9.59 Å². The summed E-state index contributed by atoms with van der Waals surface area (Å²) in [6, 6.07) is 0. The molecule has 0 spiro atoms. The average Bonchev–Trinajstić information content (AvgIpc) is 3.04. The summed E-state index contributed by atoms with van der Waals surface area (Å²) in [6.45, 7) is 6.77. The van der Waals surface area contributed by atoms with E-state index in [1.54, 1.807) is 4.90 Å². The number of amides is 1. The standard InChI is InChI=1S/C14H21N3O4/c1-14(2,3)13-15-10(21-16-13)4-5-11(18)17-7-6-9(8-17)12(19)20/h9H,4-8H2,1-3H3,(H,19,20)/t9-/m0/s1. The molecule has 1 aromatic rings. The summed E-state index contributed by atoms with van der Waals surface area (Å²) in [4.78, 5) is 28.8. The minimum atomic E-state index is -0.836. The molecule has 0 aromatic carbocycles. The van der Waals surface area contributed by atoms with Crippen molar-refractivity contribution < 1.29 is 19.2 Å². The lowest BCUT2D eigenvalue weighted by Crippen LogP contribution is -2.30. The number of carbonyl (C=O) groups excluding carboxylic acids is 1. The highest BCUT2D eigenvalue weighted by Crippen LogP contribution is 2.20. The van der Waals surface area contributed by atoms with E-state index in [-0.39, 0.29) is 17.7 Å². The minimum Gasteiger partial charge on any atom is -0.481 e. The van der Waals surface area contributed by atoms with E-state index in [1.165, 1.54) is 0 Å². The fraction of sp³-hybridized carbons (Fsp3) is 0.714. The fourth-order valence-corrected chi connectivity index (χ4v) is 2.22. The van der Waals surface area contributed by atoms with Crippen molar-refractivity contribution in [3.05, 3.63) is 11.7 Å². The van der Waals surface area contributed by atoms with Crippen molar-refractivity contribution in [2.75, 3.05) is 13.1 Å². The topological polar surface area (TPSA) is 96.5 Å². The number of carboxylic acids is 1. The van der Waals surface area contributed by atoms with Crippen molar-refractivity contribution in [1.82, 2.24) is 15.0 Å². The van der Waals surface area contributed by atoms with Gasteiger partial charge in [0.15, 0.2) is 5.82 Å². The molecular formula is C14H21N3O4. The van der Waals surface area contributed by atoms with Crippen molar-refractivity contribution >= 4 is 11.9 Å². The lowest BCUT2D eigenvalue weighted by Gasteiger charge is -2.14. The Morgan fingerprint density at radius 2 is 2.14 bits per heavy atom. The normalized spacial score (nSPS) is 19.0. The van der Waals surface area contributed by atoms with Gasteiger partial charge in [-0.3, -0.25) is 9.59 Å². The van der Waals surface area contributed by atoms with Crippen LogP contribution in [0.2, 0.25) is 0 Å². The fourth-order valence-electron chi connectivity index (χ4n) is 2.22. The number of aryl methyl sites for hydroxylation is 1. The van der Waals surface area contributed by atoms with Crippen molar-refractivity contribution in [2.24, 2.45) is 5.92 Å². The number of carboxylic acid groups (broad SMARTS) is 1. The van der Waals surface area contributed by atoms with Crippen LogP contribution in [-0.4, -0.2) is 45.1 Å². The van der Waals surface area contributed by atoms with E-state index in [4.69, 9.17) is 9.63 Å². The molecule has 116 valence electrons. The van der Waals surface area contributed by atoms with Crippen LogP contribution in [0.1, 0.15) is 45.3 Å². The summed E-state index contributed by atoms with van der Waals surface area (Å²) in [6.07, 6.45) is 1.17. The van der Waals surface area contributed by atoms with Gasteiger partial charge in [-0.05, 0) is 6.42 Å². The molecule has 7 nitrogen and oxygen atoms in total. The number of hydrogen-bond donors (Lipinski definition) is 1. The molecule has 2 rings (SSSR count). The molecule has 0 bridgehead atoms. The molecule has 1 aliphatic rings. The van der Waals surface area contributed by atoms with Crippen LogP contribution in [0.15, 0.2) is 4.52 Å². The van der Waals surface area contributed by atoms with E-state index in [0.29, 0.717) is 37.6 Å². The van der Waals surface area contributed by atoms with E-state index < -0.39 is 11.9 Å². The molecule has 1 aromatic heterocycles. The van der Waals surface area contributed by atoms with Crippen LogP contribution >= 0.6 is 0 Å². The predicted octanol–water partition coefficient (Wildman–Crippen LogP) is 1.23. The van der Waals surface area contributed by atoms with Gasteiger partial charge in [-0.2, -0.15) is 4.98 Å². The molecule has 2 heterocycles. The Balaban J connectivity index is 1.85. The Morgan fingerprint density at radius 1 is 1.43 bits per heavy atom. The van der Waals surface area contributed by atoms with Gasteiger partial charge in [0, 0.05) is 31.3 Å². The highest BCUT2D eigenvalue weighted by molar-refractivity contribution is 5.78. The molecule has 0 unspecified atom stereocenters. The first-order chi connectivity index (χ1) is 9.77. The Kier molecular flexibility index (Phi) is 4.29. The Morgan fingerprint density at radius 3 is 2.67 bits per heavy atom. The first-order valence-electron chi connectivity index (χ1n) is 7.11. The Bertz CT molecular complexity index is 533.